The summed E-state index contributed by atoms with van der Waals surface area (Å²) in [7, 11) is 0. The minimum absolute atomic E-state index is 0.00579. The lowest BCUT2D eigenvalue weighted by atomic mass is 9.95. The molecule has 0 amide bonds. The van der Waals surface area contributed by atoms with Gasteiger partial charge in [0.25, 0.3) is 0 Å². The van der Waals surface area contributed by atoms with Crippen LogP contribution in [0.3, 0.4) is 0 Å². The lowest BCUT2D eigenvalue weighted by Gasteiger charge is -2.32. The van der Waals surface area contributed by atoms with Gasteiger partial charge in [-0.1, -0.05) is 56.3 Å². The molecular formula is C27H39N3O2. The van der Waals surface area contributed by atoms with Crippen LogP contribution < -0.4 is 4.90 Å². The van der Waals surface area contributed by atoms with Gasteiger partial charge in [0.1, 0.15) is 6.10 Å². The van der Waals surface area contributed by atoms with Gasteiger partial charge in [-0.25, -0.2) is 0 Å². The number of aryl methyl sites for hydroxylation is 3. The molecule has 1 aliphatic heterocycles. The summed E-state index contributed by atoms with van der Waals surface area (Å²) in [4.78, 5) is 13.0. The molecule has 0 saturated carbocycles. The minimum atomic E-state index is -0.00579. The number of hydrogen-bond acceptors (Lipinski definition) is 5. The van der Waals surface area contributed by atoms with E-state index in [-0.39, 0.29) is 18.1 Å². The van der Waals surface area contributed by atoms with Gasteiger partial charge in [0.15, 0.2) is 0 Å². The first-order valence-corrected chi connectivity index (χ1v) is 11.9. The first kappa shape index (κ1) is 24.2. The van der Waals surface area contributed by atoms with E-state index in [0.29, 0.717) is 12.5 Å². The molecule has 2 aromatic rings. The van der Waals surface area contributed by atoms with Gasteiger partial charge in [0, 0.05) is 24.4 Å². The Bertz CT molecular complexity index is 882. The SMILES string of the molecule is Cc1cc2c(nc1C)CCCN2C[C@@H](C)O/N=C/[C@@H](C)[C@H](OCc1ccccc1)C(C)C. The highest BCUT2D eigenvalue weighted by Gasteiger charge is 2.22. The maximum atomic E-state index is 6.23. The van der Waals surface area contributed by atoms with Crippen LogP contribution in [0.15, 0.2) is 41.6 Å². The molecule has 0 bridgehead atoms. The van der Waals surface area contributed by atoms with Crippen molar-refractivity contribution in [1.82, 2.24) is 4.98 Å². The molecule has 3 atom stereocenters. The van der Waals surface area contributed by atoms with Crippen molar-refractivity contribution in [2.45, 2.75) is 73.2 Å². The van der Waals surface area contributed by atoms with Crippen LogP contribution in [0.5, 0.6) is 0 Å². The second kappa shape index (κ2) is 11.5. The fourth-order valence-corrected chi connectivity index (χ4v) is 4.33. The molecule has 1 aromatic heterocycles. The Kier molecular flexibility index (Phi) is 8.68. The molecule has 5 heteroatoms. The number of oxime groups is 1. The van der Waals surface area contributed by atoms with E-state index in [1.807, 2.05) is 24.4 Å². The van der Waals surface area contributed by atoms with Gasteiger partial charge in [-0.3, -0.25) is 4.98 Å². The van der Waals surface area contributed by atoms with Crippen molar-refractivity contribution >= 4 is 11.9 Å². The number of anilines is 1. The van der Waals surface area contributed by atoms with Crippen LogP contribution in [0.4, 0.5) is 5.69 Å². The lowest BCUT2D eigenvalue weighted by Crippen LogP contribution is -2.36. The largest absolute Gasteiger partial charge is 0.391 e. The summed E-state index contributed by atoms with van der Waals surface area (Å²) in [5.74, 6) is 0.554. The molecule has 0 N–H and O–H groups in total. The van der Waals surface area contributed by atoms with E-state index in [1.54, 1.807) is 0 Å². The molecule has 0 unspecified atom stereocenters. The number of hydrogen-bond donors (Lipinski definition) is 0. The van der Waals surface area contributed by atoms with Crippen molar-refractivity contribution < 1.29 is 9.57 Å². The predicted molar refractivity (Wildman–Crippen MR) is 132 cm³/mol. The molecule has 0 spiro atoms. The number of fused-ring (bicyclic) bond motifs is 1. The van der Waals surface area contributed by atoms with E-state index in [9.17, 15) is 0 Å². The Balaban J connectivity index is 1.53. The number of rotatable bonds is 10. The van der Waals surface area contributed by atoms with Gasteiger partial charge in [0.05, 0.1) is 30.6 Å². The van der Waals surface area contributed by atoms with E-state index in [1.165, 1.54) is 22.5 Å². The highest BCUT2D eigenvalue weighted by Crippen LogP contribution is 2.28. The second-order valence-corrected chi connectivity index (χ2v) is 9.44. The molecular weight excluding hydrogens is 398 g/mol. The molecule has 32 heavy (non-hydrogen) atoms. The highest BCUT2D eigenvalue weighted by atomic mass is 16.6. The Labute approximate surface area is 193 Å². The van der Waals surface area contributed by atoms with Crippen molar-refractivity contribution in [2.75, 3.05) is 18.0 Å². The van der Waals surface area contributed by atoms with Crippen molar-refractivity contribution in [3.8, 4) is 0 Å². The van der Waals surface area contributed by atoms with E-state index in [2.05, 4.69) is 69.8 Å². The van der Waals surface area contributed by atoms with Crippen LogP contribution >= 0.6 is 0 Å². The summed E-state index contributed by atoms with van der Waals surface area (Å²) in [5, 5.41) is 4.34. The van der Waals surface area contributed by atoms with Gasteiger partial charge in [0.2, 0.25) is 0 Å². The van der Waals surface area contributed by atoms with Crippen LogP contribution in [-0.4, -0.2) is 36.5 Å². The third kappa shape index (κ3) is 6.55. The molecule has 3 rings (SSSR count). The average molecular weight is 438 g/mol. The summed E-state index contributed by atoms with van der Waals surface area (Å²) >= 11 is 0. The smallest absolute Gasteiger partial charge is 0.142 e. The summed E-state index contributed by atoms with van der Waals surface area (Å²) < 4.78 is 6.23. The van der Waals surface area contributed by atoms with Crippen LogP contribution in [-0.2, 0) is 22.6 Å². The Morgan fingerprint density at radius 3 is 2.59 bits per heavy atom. The maximum Gasteiger partial charge on any atom is 0.142 e. The number of nitrogens with zero attached hydrogens (tertiary/aromatic N) is 3. The number of benzene rings is 1. The molecule has 5 nitrogen and oxygen atoms in total. The first-order valence-electron chi connectivity index (χ1n) is 11.9. The van der Waals surface area contributed by atoms with Crippen LogP contribution in [0, 0.1) is 25.7 Å². The zero-order chi connectivity index (χ0) is 23.1. The first-order chi connectivity index (χ1) is 15.3. The highest BCUT2D eigenvalue weighted by molar-refractivity contribution is 5.60. The van der Waals surface area contributed by atoms with Crippen molar-refractivity contribution in [3.05, 3.63) is 58.9 Å². The fourth-order valence-electron chi connectivity index (χ4n) is 4.33. The maximum absolute atomic E-state index is 6.23. The van der Waals surface area contributed by atoms with E-state index >= 15 is 0 Å². The number of aromatic nitrogens is 1. The van der Waals surface area contributed by atoms with Crippen LogP contribution in [0.2, 0.25) is 0 Å². The van der Waals surface area contributed by atoms with Gasteiger partial charge >= 0.3 is 0 Å². The monoisotopic (exact) mass is 437 g/mol. The summed E-state index contributed by atoms with van der Waals surface area (Å²) in [6.45, 7) is 15.3. The van der Waals surface area contributed by atoms with Gasteiger partial charge in [-0.2, -0.15) is 0 Å². The third-order valence-corrected chi connectivity index (χ3v) is 6.18. The molecule has 0 fully saturated rings. The van der Waals surface area contributed by atoms with Gasteiger partial charge in [-0.15, -0.1) is 0 Å². The predicted octanol–water partition coefficient (Wildman–Crippen LogP) is 5.72. The van der Waals surface area contributed by atoms with Crippen molar-refractivity contribution in [2.24, 2.45) is 17.0 Å². The summed E-state index contributed by atoms with van der Waals surface area (Å²) in [5.41, 5.74) is 6.02. The molecule has 174 valence electrons. The molecule has 1 aromatic carbocycles. The van der Waals surface area contributed by atoms with E-state index in [0.717, 1.165) is 31.6 Å². The average Bonchev–Trinajstić information content (AvgIpc) is 2.76. The Hall–Kier alpha value is -2.40. The Morgan fingerprint density at radius 1 is 1.12 bits per heavy atom. The summed E-state index contributed by atoms with van der Waals surface area (Å²) in [6, 6.07) is 12.6. The number of pyridine rings is 1. The normalized spacial score (nSPS) is 16.8. The van der Waals surface area contributed by atoms with Crippen molar-refractivity contribution in [1.29, 1.82) is 0 Å². The standard InChI is InChI=1S/C27H39N3O2/c1-19(2)27(31-18-24-11-8-7-9-12-24)21(4)16-28-32-22(5)17-30-14-10-13-25-26(30)15-20(3)23(6)29-25/h7-9,11-12,15-16,19,21-22,27H,10,13-14,17-18H2,1-6H3/b28-16+/t21-,22-,27-/m1/s1. The fraction of sp³-hybridized carbons (Fsp3) is 0.556. The topological polar surface area (TPSA) is 47.0 Å². The zero-order valence-corrected chi connectivity index (χ0v) is 20.5. The lowest BCUT2D eigenvalue weighted by molar-refractivity contribution is -0.00763. The molecule has 2 heterocycles. The van der Waals surface area contributed by atoms with E-state index < -0.39 is 0 Å². The van der Waals surface area contributed by atoms with E-state index in [4.69, 9.17) is 14.6 Å². The third-order valence-electron chi connectivity index (χ3n) is 6.18. The van der Waals surface area contributed by atoms with Crippen LogP contribution in [0.1, 0.15) is 56.6 Å². The van der Waals surface area contributed by atoms with Crippen molar-refractivity contribution in [3.63, 3.8) is 0 Å². The summed E-state index contributed by atoms with van der Waals surface area (Å²) in [6.07, 6.45) is 4.16. The quantitative estimate of drug-likeness (QED) is 0.352. The minimum Gasteiger partial charge on any atom is -0.391 e. The van der Waals surface area contributed by atoms with Gasteiger partial charge < -0.3 is 14.5 Å². The molecule has 1 aliphatic rings. The molecule has 0 saturated heterocycles. The number of ether oxygens (including phenoxy) is 1. The Morgan fingerprint density at radius 2 is 1.88 bits per heavy atom. The zero-order valence-electron chi connectivity index (χ0n) is 20.5. The molecule has 0 aliphatic carbocycles. The molecule has 0 radical (unpaired) electrons. The van der Waals surface area contributed by atoms with Gasteiger partial charge in [-0.05, 0) is 56.7 Å². The van der Waals surface area contributed by atoms with Crippen LogP contribution in [0.25, 0.3) is 0 Å². The second-order valence-electron chi connectivity index (χ2n) is 9.44.